The van der Waals surface area contributed by atoms with E-state index in [1.807, 2.05) is 13.0 Å². The van der Waals surface area contributed by atoms with Crippen LogP contribution < -0.4 is 10.6 Å². The number of aryl methyl sites for hydroxylation is 1. The number of anilines is 2. The van der Waals surface area contributed by atoms with Crippen LogP contribution in [0.4, 0.5) is 11.5 Å². The van der Waals surface area contributed by atoms with Crippen molar-refractivity contribution in [3.05, 3.63) is 17.8 Å². The maximum Gasteiger partial charge on any atom is 0.228 e. The number of nitrogens with zero attached hydrogens (tertiary/aromatic N) is 2. The Morgan fingerprint density at radius 2 is 2.38 bits per heavy atom. The first-order chi connectivity index (χ1) is 7.61. The number of amides is 1. The molecule has 1 aliphatic rings. The summed E-state index contributed by atoms with van der Waals surface area (Å²) in [5, 5.41) is 0. The molecule has 1 saturated heterocycles. The molecule has 1 atom stereocenters. The molecule has 0 bridgehead atoms. The summed E-state index contributed by atoms with van der Waals surface area (Å²) in [6, 6.07) is 3.61. The molecule has 0 saturated carbocycles. The molecule has 1 unspecified atom stereocenters. The van der Waals surface area contributed by atoms with E-state index in [0.717, 1.165) is 5.69 Å². The molecule has 1 fully saturated rings. The Labute approximate surface area is 99.4 Å². The fourth-order valence-electron chi connectivity index (χ4n) is 1.86. The molecule has 16 heavy (non-hydrogen) atoms. The fourth-order valence-corrected chi connectivity index (χ4v) is 2.07. The lowest BCUT2D eigenvalue weighted by atomic mass is 10.1. The van der Waals surface area contributed by atoms with Gasteiger partial charge in [0.05, 0.1) is 5.69 Å². The van der Waals surface area contributed by atoms with E-state index in [1.165, 1.54) is 0 Å². The Bertz CT molecular complexity index is 422. The number of aromatic nitrogens is 1. The van der Waals surface area contributed by atoms with Crippen molar-refractivity contribution < 1.29 is 4.79 Å². The Kier molecular flexibility index (Phi) is 3.01. The third kappa shape index (κ3) is 1.97. The topological polar surface area (TPSA) is 59.2 Å². The second-order valence-electron chi connectivity index (χ2n) is 4.09. The average Bonchev–Trinajstić information content (AvgIpc) is 2.63. The van der Waals surface area contributed by atoms with Gasteiger partial charge in [0.2, 0.25) is 5.91 Å². The maximum absolute atomic E-state index is 11.8. The highest BCUT2D eigenvalue weighted by Gasteiger charge is 2.31. The largest absolute Gasteiger partial charge is 0.396 e. The number of pyridine rings is 1. The van der Waals surface area contributed by atoms with Gasteiger partial charge in [-0.15, -0.1) is 11.6 Å². The molecule has 1 amide bonds. The van der Waals surface area contributed by atoms with E-state index in [2.05, 4.69) is 4.98 Å². The van der Waals surface area contributed by atoms with Gasteiger partial charge in [0.25, 0.3) is 0 Å². The summed E-state index contributed by atoms with van der Waals surface area (Å²) in [7, 11) is 0. The van der Waals surface area contributed by atoms with Gasteiger partial charge in [0.1, 0.15) is 0 Å². The Morgan fingerprint density at radius 1 is 1.62 bits per heavy atom. The van der Waals surface area contributed by atoms with Crippen molar-refractivity contribution in [1.29, 1.82) is 0 Å². The van der Waals surface area contributed by atoms with Crippen molar-refractivity contribution in [3.8, 4) is 0 Å². The van der Waals surface area contributed by atoms with Crippen LogP contribution in [0.15, 0.2) is 12.1 Å². The second-order valence-corrected chi connectivity index (χ2v) is 4.40. The number of halogens is 1. The van der Waals surface area contributed by atoms with Crippen LogP contribution in [0.5, 0.6) is 0 Å². The maximum atomic E-state index is 11.8. The highest BCUT2D eigenvalue weighted by molar-refractivity contribution is 6.18. The highest BCUT2D eigenvalue weighted by atomic mass is 35.5. The quantitative estimate of drug-likeness (QED) is 0.797. The lowest BCUT2D eigenvalue weighted by Gasteiger charge is -2.17. The van der Waals surface area contributed by atoms with Crippen LogP contribution in [-0.2, 0) is 4.79 Å². The van der Waals surface area contributed by atoms with Crippen LogP contribution in [0, 0.1) is 12.8 Å². The number of carbonyl (C=O) groups excluding carboxylic acids is 1. The Hall–Kier alpha value is -1.29. The minimum absolute atomic E-state index is 0.0513. The molecular weight excluding hydrogens is 226 g/mol. The number of carbonyl (C=O) groups is 1. The van der Waals surface area contributed by atoms with Crippen LogP contribution >= 0.6 is 11.6 Å². The zero-order chi connectivity index (χ0) is 11.7. The molecule has 1 aromatic rings. The van der Waals surface area contributed by atoms with Gasteiger partial charge in [0, 0.05) is 24.5 Å². The van der Waals surface area contributed by atoms with E-state index in [9.17, 15) is 4.79 Å². The number of hydrogen-bond donors (Lipinski definition) is 1. The third-order valence-corrected chi connectivity index (χ3v) is 3.16. The van der Waals surface area contributed by atoms with Gasteiger partial charge >= 0.3 is 0 Å². The first-order valence-electron chi connectivity index (χ1n) is 5.21. The number of rotatable bonds is 2. The smallest absolute Gasteiger partial charge is 0.228 e. The monoisotopic (exact) mass is 239 g/mol. The molecule has 2 rings (SSSR count). The number of nitrogen functional groups attached to an aromatic ring is 1. The molecule has 2 N–H and O–H groups in total. The predicted octanol–water partition coefficient (Wildman–Crippen LogP) is 1.56. The molecule has 0 radical (unpaired) electrons. The molecule has 0 aliphatic carbocycles. The third-order valence-electron chi connectivity index (χ3n) is 2.72. The molecule has 86 valence electrons. The van der Waals surface area contributed by atoms with Crippen molar-refractivity contribution in [2.24, 2.45) is 5.92 Å². The van der Waals surface area contributed by atoms with Crippen LogP contribution in [0.3, 0.4) is 0 Å². The molecule has 0 spiro atoms. The van der Waals surface area contributed by atoms with E-state index < -0.39 is 0 Å². The zero-order valence-electron chi connectivity index (χ0n) is 9.11. The van der Waals surface area contributed by atoms with Gasteiger partial charge < -0.3 is 5.73 Å². The second kappa shape index (κ2) is 4.29. The number of nitrogens with two attached hydrogens (primary N) is 1. The molecule has 1 aliphatic heterocycles. The van der Waals surface area contributed by atoms with Gasteiger partial charge in [-0.3, -0.25) is 9.69 Å². The van der Waals surface area contributed by atoms with Crippen molar-refractivity contribution in [1.82, 2.24) is 4.98 Å². The van der Waals surface area contributed by atoms with E-state index >= 15 is 0 Å². The van der Waals surface area contributed by atoms with Gasteiger partial charge in [-0.1, -0.05) is 0 Å². The van der Waals surface area contributed by atoms with E-state index in [-0.39, 0.29) is 11.8 Å². The zero-order valence-corrected chi connectivity index (χ0v) is 9.87. The molecule has 2 heterocycles. The molecule has 0 aromatic carbocycles. The van der Waals surface area contributed by atoms with Crippen molar-refractivity contribution in [3.63, 3.8) is 0 Å². The number of hydrogen-bond acceptors (Lipinski definition) is 3. The van der Waals surface area contributed by atoms with E-state index in [4.69, 9.17) is 17.3 Å². The van der Waals surface area contributed by atoms with Crippen LogP contribution in [0.2, 0.25) is 0 Å². The van der Waals surface area contributed by atoms with Crippen LogP contribution in [0.25, 0.3) is 0 Å². The van der Waals surface area contributed by atoms with Crippen molar-refractivity contribution >= 4 is 29.0 Å². The SMILES string of the molecule is Cc1ccc(N)c(N2CC(CCl)CC2=O)n1. The summed E-state index contributed by atoms with van der Waals surface area (Å²) in [5.74, 6) is 1.32. The average molecular weight is 240 g/mol. The minimum Gasteiger partial charge on any atom is -0.396 e. The standard InChI is InChI=1S/C11H14ClN3O/c1-7-2-3-9(13)11(14-7)15-6-8(5-12)4-10(15)16/h2-3,8H,4-6,13H2,1H3. The number of alkyl halides is 1. The Balaban J connectivity index is 2.30. The van der Waals surface area contributed by atoms with Crippen LogP contribution in [-0.4, -0.2) is 23.3 Å². The van der Waals surface area contributed by atoms with Gasteiger partial charge in [-0.2, -0.15) is 0 Å². The summed E-state index contributed by atoms with van der Waals surface area (Å²) in [6.45, 7) is 2.49. The van der Waals surface area contributed by atoms with Crippen molar-refractivity contribution in [2.45, 2.75) is 13.3 Å². The lowest BCUT2D eigenvalue weighted by molar-refractivity contribution is -0.117. The summed E-state index contributed by atoms with van der Waals surface area (Å²) in [5.41, 5.74) is 7.22. The molecular formula is C11H14ClN3O. The highest BCUT2D eigenvalue weighted by Crippen LogP contribution is 2.28. The van der Waals surface area contributed by atoms with Gasteiger partial charge in [-0.05, 0) is 25.0 Å². The first kappa shape index (κ1) is 11.2. The van der Waals surface area contributed by atoms with E-state index in [1.54, 1.807) is 11.0 Å². The van der Waals surface area contributed by atoms with Gasteiger partial charge in [-0.25, -0.2) is 4.98 Å². The first-order valence-corrected chi connectivity index (χ1v) is 5.74. The normalized spacial score (nSPS) is 20.5. The van der Waals surface area contributed by atoms with Gasteiger partial charge in [0.15, 0.2) is 5.82 Å². The van der Waals surface area contributed by atoms with E-state index in [0.29, 0.717) is 30.4 Å². The molecule has 5 heteroatoms. The fraction of sp³-hybridized carbons (Fsp3) is 0.455. The Morgan fingerprint density at radius 3 is 3.00 bits per heavy atom. The molecule has 4 nitrogen and oxygen atoms in total. The summed E-state index contributed by atoms with van der Waals surface area (Å²) in [4.78, 5) is 17.7. The molecule has 1 aromatic heterocycles. The summed E-state index contributed by atoms with van der Waals surface area (Å²) < 4.78 is 0. The lowest BCUT2D eigenvalue weighted by Crippen LogP contribution is -2.26. The van der Waals surface area contributed by atoms with Crippen LogP contribution in [0.1, 0.15) is 12.1 Å². The summed E-state index contributed by atoms with van der Waals surface area (Å²) >= 11 is 5.77. The minimum atomic E-state index is 0.0513. The van der Waals surface area contributed by atoms with Crippen molar-refractivity contribution in [2.75, 3.05) is 23.1 Å². The predicted molar refractivity (Wildman–Crippen MR) is 64.6 cm³/mol. The summed E-state index contributed by atoms with van der Waals surface area (Å²) in [6.07, 6.45) is 0.485.